The highest BCUT2D eigenvalue weighted by molar-refractivity contribution is 7.91. The summed E-state index contributed by atoms with van der Waals surface area (Å²) in [5, 5.41) is 3.32. The summed E-state index contributed by atoms with van der Waals surface area (Å²) in [5.74, 6) is 0. The fraction of sp³-hybridized carbons (Fsp3) is 0.667. The molecule has 0 aliphatic carbocycles. The zero-order valence-electron chi connectivity index (χ0n) is 12.0. The van der Waals surface area contributed by atoms with Gasteiger partial charge in [-0.15, -0.1) is 23.7 Å². The highest BCUT2D eigenvalue weighted by atomic mass is 35.5. The Balaban J connectivity index is 0.00000220. The predicted octanol–water partition coefficient (Wildman–Crippen LogP) is 2.51. The second kappa shape index (κ2) is 8.10. The van der Waals surface area contributed by atoms with Gasteiger partial charge in [-0.05, 0) is 19.0 Å². The van der Waals surface area contributed by atoms with E-state index < -0.39 is 10.0 Å². The van der Waals surface area contributed by atoms with Crippen LogP contribution in [0.15, 0.2) is 10.3 Å². The lowest BCUT2D eigenvalue weighted by Gasteiger charge is -2.32. The van der Waals surface area contributed by atoms with Gasteiger partial charge >= 0.3 is 0 Å². The van der Waals surface area contributed by atoms with Crippen LogP contribution in [0, 0.1) is 0 Å². The molecule has 1 N–H and O–H groups in total. The van der Waals surface area contributed by atoms with Gasteiger partial charge in [0.1, 0.15) is 4.21 Å². The molecule has 2 heterocycles. The predicted molar refractivity (Wildman–Crippen MR) is 88.2 cm³/mol. The summed E-state index contributed by atoms with van der Waals surface area (Å²) in [5.41, 5.74) is 0.796. The molecule has 0 spiro atoms. The van der Waals surface area contributed by atoms with E-state index in [9.17, 15) is 8.42 Å². The maximum atomic E-state index is 12.6. The lowest BCUT2D eigenvalue weighted by atomic mass is 10.1. The van der Waals surface area contributed by atoms with E-state index in [2.05, 4.69) is 5.32 Å². The van der Waals surface area contributed by atoms with Crippen LogP contribution in [0.1, 0.15) is 24.9 Å². The molecule has 5 nitrogen and oxygen atoms in total. The third-order valence-corrected chi connectivity index (χ3v) is 6.91. The van der Waals surface area contributed by atoms with Gasteiger partial charge in [-0.25, -0.2) is 8.42 Å². The number of likely N-dealkylation sites (N-methyl/N-ethyl adjacent to an activating group) is 1. The summed E-state index contributed by atoms with van der Waals surface area (Å²) in [6.45, 7) is 4.25. The third kappa shape index (κ3) is 4.10. The molecule has 1 aliphatic rings. The van der Waals surface area contributed by atoms with E-state index in [1.807, 2.05) is 6.92 Å². The first-order valence-corrected chi connectivity index (χ1v) is 9.15. The molecule has 9 heteroatoms. The zero-order valence-corrected chi connectivity index (χ0v) is 15.2. The molecule has 0 bridgehead atoms. The van der Waals surface area contributed by atoms with E-state index >= 15 is 0 Å². The fourth-order valence-corrected chi connectivity index (χ4v) is 5.96. The average Bonchev–Trinajstić information content (AvgIpc) is 2.78. The second-order valence-electron chi connectivity index (χ2n) is 4.61. The lowest BCUT2D eigenvalue weighted by molar-refractivity contribution is 0.185. The quantitative estimate of drug-likeness (QED) is 0.777. The van der Waals surface area contributed by atoms with Crippen molar-refractivity contribution in [2.24, 2.45) is 0 Å². The minimum atomic E-state index is -3.42. The van der Waals surface area contributed by atoms with Crippen molar-refractivity contribution in [3.8, 4) is 0 Å². The number of hydrogen-bond donors (Lipinski definition) is 1. The molecule has 0 unspecified atom stereocenters. The molecule has 0 fully saturated rings. The third-order valence-electron chi connectivity index (χ3n) is 3.24. The van der Waals surface area contributed by atoms with Crippen LogP contribution in [0.25, 0.3) is 0 Å². The summed E-state index contributed by atoms with van der Waals surface area (Å²) >= 11 is 7.14. The van der Waals surface area contributed by atoms with Crippen LogP contribution < -0.4 is 5.32 Å². The summed E-state index contributed by atoms with van der Waals surface area (Å²) in [6.07, 6.45) is 0.684. The van der Waals surface area contributed by atoms with E-state index in [1.54, 1.807) is 13.2 Å². The van der Waals surface area contributed by atoms with Gasteiger partial charge in [0.25, 0.3) is 10.0 Å². The normalized spacial score (nSPS) is 20.8. The number of hydrogen-bond acceptors (Lipinski definition) is 5. The molecule has 2 rings (SSSR count). The van der Waals surface area contributed by atoms with Crippen molar-refractivity contribution >= 4 is 45.4 Å². The van der Waals surface area contributed by atoms with Crippen molar-refractivity contribution in [1.82, 2.24) is 9.62 Å². The number of sulfonamides is 1. The molecule has 0 amide bonds. The number of nitrogens with one attached hydrogen (secondary N) is 1. The van der Waals surface area contributed by atoms with Gasteiger partial charge in [0, 0.05) is 38.4 Å². The molecule has 0 aromatic carbocycles. The average molecular weight is 375 g/mol. The standard InChI is InChI=1S/C12H19ClN2O3S2.ClH/c1-3-14-10-8-15(5-4-6-18-2)20(16,17)12-9(10)7-11(13)19-12;/h7,10,14H,3-6,8H2,1-2H3;1H/t10-;/m0./s1. The number of fused-ring (bicyclic) bond motifs is 1. The molecule has 21 heavy (non-hydrogen) atoms. The Morgan fingerprint density at radius 3 is 2.90 bits per heavy atom. The number of rotatable bonds is 6. The minimum absolute atomic E-state index is 0. The van der Waals surface area contributed by atoms with Gasteiger partial charge in [-0.3, -0.25) is 0 Å². The van der Waals surface area contributed by atoms with Crippen LogP contribution in [-0.2, 0) is 14.8 Å². The molecular formula is C12H20Cl2N2O3S2. The Morgan fingerprint density at radius 2 is 2.29 bits per heavy atom. The smallest absolute Gasteiger partial charge is 0.253 e. The minimum Gasteiger partial charge on any atom is -0.385 e. The van der Waals surface area contributed by atoms with Crippen LogP contribution in [0.5, 0.6) is 0 Å². The number of thiophene rings is 1. The molecular weight excluding hydrogens is 355 g/mol. The summed E-state index contributed by atoms with van der Waals surface area (Å²) in [4.78, 5) is 0. The molecule has 0 saturated carbocycles. The molecule has 1 aromatic rings. The highest BCUT2D eigenvalue weighted by Gasteiger charge is 2.38. The first-order chi connectivity index (χ1) is 9.50. The Bertz CT molecular complexity index is 563. The molecule has 1 aliphatic heterocycles. The van der Waals surface area contributed by atoms with Gasteiger partial charge in [0.2, 0.25) is 0 Å². The van der Waals surface area contributed by atoms with Crippen LogP contribution in [0.3, 0.4) is 0 Å². The van der Waals surface area contributed by atoms with Crippen molar-refractivity contribution in [1.29, 1.82) is 0 Å². The molecule has 0 radical (unpaired) electrons. The molecule has 1 atom stereocenters. The molecule has 1 aromatic heterocycles. The number of nitrogens with zero attached hydrogens (tertiary/aromatic N) is 1. The van der Waals surface area contributed by atoms with Gasteiger partial charge < -0.3 is 10.1 Å². The van der Waals surface area contributed by atoms with E-state index in [0.717, 1.165) is 23.4 Å². The topological polar surface area (TPSA) is 58.6 Å². The Labute approximate surface area is 141 Å². The van der Waals surface area contributed by atoms with Crippen molar-refractivity contribution in [2.45, 2.75) is 23.6 Å². The van der Waals surface area contributed by atoms with Gasteiger partial charge in [-0.2, -0.15) is 4.31 Å². The van der Waals surface area contributed by atoms with Crippen molar-refractivity contribution in [3.05, 3.63) is 16.0 Å². The van der Waals surface area contributed by atoms with Crippen LogP contribution in [0.4, 0.5) is 0 Å². The second-order valence-corrected chi connectivity index (χ2v) is 8.43. The van der Waals surface area contributed by atoms with Crippen molar-refractivity contribution in [3.63, 3.8) is 0 Å². The molecule has 122 valence electrons. The SMILES string of the molecule is CCN[C@H]1CN(CCCOC)S(=O)(=O)c2sc(Cl)cc21.Cl. The van der Waals surface area contributed by atoms with Gasteiger partial charge in [0.05, 0.1) is 4.34 Å². The highest BCUT2D eigenvalue weighted by Crippen LogP contribution is 2.40. The zero-order chi connectivity index (χ0) is 14.8. The fourth-order valence-electron chi connectivity index (χ4n) is 2.34. The van der Waals surface area contributed by atoms with Crippen molar-refractivity contribution < 1.29 is 13.2 Å². The number of ether oxygens (including phenoxy) is 1. The summed E-state index contributed by atoms with van der Waals surface area (Å²) in [6, 6.07) is 1.77. The van der Waals surface area contributed by atoms with E-state index in [0.29, 0.717) is 34.7 Å². The van der Waals surface area contributed by atoms with Gasteiger partial charge in [-0.1, -0.05) is 18.5 Å². The van der Waals surface area contributed by atoms with Crippen LogP contribution in [0.2, 0.25) is 4.34 Å². The largest absolute Gasteiger partial charge is 0.385 e. The van der Waals surface area contributed by atoms with Gasteiger partial charge in [0.15, 0.2) is 0 Å². The maximum absolute atomic E-state index is 12.6. The Hall–Kier alpha value is 0.110. The van der Waals surface area contributed by atoms with E-state index in [4.69, 9.17) is 16.3 Å². The van der Waals surface area contributed by atoms with Crippen LogP contribution >= 0.6 is 35.3 Å². The first-order valence-electron chi connectivity index (χ1n) is 6.52. The number of methoxy groups -OCH3 is 1. The number of halogens is 2. The van der Waals surface area contributed by atoms with Crippen molar-refractivity contribution in [2.75, 3.05) is 33.4 Å². The summed E-state index contributed by atoms with van der Waals surface area (Å²) in [7, 11) is -1.81. The summed E-state index contributed by atoms with van der Waals surface area (Å²) < 4.78 is 32.5. The maximum Gasteiger partial charge on any atom is 0.253 e. The van der Waals surface area contributed by atoms with Crippen LogP contribution in [-0.4, -0.2) is 46.1 Å². The first kappa shape index (κ1) is 19.2. The Kier molecular flexibility index (Phi) is 7.39. The monoisotopic (exact) mass is 374 g/mol. The Morgan fingerprint density at radius 1 is 1.57 bits per heavy atom. The van der Waals surface area contributed by atoms with E-state index in [-0.39, 0.29) is 18.4 Å². The lowest BCUT2D eigenvalue weighted by Crippen LogP contribution is -2.43. The van der Waals surface area contributed by atoms with E-state index in [1.165, 1.54) is 4.31 Å². The molecule has 0 saturated heterocycles.